The van der Waals surface area contributed by atoms with Gasteiger partial charge in [-0.15, -0.1) is 0 Å². The molecule has 114 valence electrons. The van der Waals surface area contributed by atoms with Crippen molar-refractivity contribution in [1.29, 1.82) is 0 Å². The molecule has 1 fully saturated rings. The summed E-state index contributed by atoms with van der Waals surface area (Å²) in [6.45, 7) is 0. The lowest BCUT2D eigenvalue weighted by Gasteiger charge is -2.21. The highest BCUT2D eigenvalue weighted by atomic mass is 16.4. The molecule has 2 rings (SSSR count). The van der Waals surface area contributed by atoms with Gasteiger partial charge in [0.05, 0.1) is 12.1 Å². The molecule has 21 heavy (non-hydrogen) atoms. The molecule has 3 N–H and O–H groups in total. The fraction of sp³-hybridized carbons (Fsp3) is 0.500. The van der Waals surface area contributed by atoms with Gasteiger partial charge in [-0.2, -0.15) is 0 Å². The number of carbonyl (C=O) groups is 2. The van der Waals surface area contributed by atoms with Crippen molar-refractivity contribution in [2.75, 3.05) is 5.32 Å². The number of carboxylic acid groups (broad SMARTS) is 1. The van der Waals surface area contributed by atoms with Gasteiger partial charge in [0.2, 0.25) is 5.91 Å². The summed E-state index contributed by atoms with van der Waals surface area (Å²) < 4.78 is 0. The van der Waals surface area contributed by atoms with Gasteiger partial charge in [-0.05, 0) is 36.5 Å². The number of anilines is 1. The highest BCUT2D eigenvalue weighted by molar-refractivity contribution is 5.92. The first kappa shape index (κ1) is 15.4. The van der Waals surface area contributed by atoms with E-state index in [1.54, 1.807) is 6.07 Å². The van der Waals surface area contributed by atoms with E-state index in [1.807, 2.05) is 0 Å². The molecule has 0 aliphatic heterocycles. The standard InChI is InChI=1S/C16H21NO4/c18-14-7-6-12(10-16(20)21)8-13(14)17-15(19)9-11-4-2-1-3-5-11/h6-8,11,18H,1-5,9-10H2,(H,17,19)(H,20,21). The quantitative estimate of drug-likeness (QED) is 0.728. The average molecular weight is 291 g/mol. The summed E-state index contributed by atoms with van der Waals surface area (Å²) in [6.07, 6.45) is 6.09. The van der Waals surface area contributed by atoms with Crippen molar-refractivity contribution >= 4 is 17.6 Å². The van der Waals surface area contributed by atoms with E-state index in [2.05, 4.69) is 5.32 Å². The first-order valence-corrected chi connectivity index (χ1v) is 7.38. The van der Waals surface area contributed by atoms with Crippen LogP contribution in [0.1, 0.15) is 44.1 Å². The normalized spacial score (nSPS) is 15.6. The number of aliphatic carboxylic acids is 1. The van der Waals surface area contributed by atoms with Crippen LogP contribution in [0.2, 0.25) is 0 Å². The Morgan fingerprint density at radius 1 is 1.19 bits per heavy atom. The van der Waals surface area contributed by atoms with Crippen LogP contribution in [0.25, 0.3) is 0 Å². The number of hydrogen-bond donors (Lipinski definition) is 3. The second-order valence-corrected chi connectivity index (χ2v) is 5.68. The second-order valence-electron chi connectivity index (χ2n) is 5.68. The van der Waals surface area contributed by atoms with E-state index >= 15 is 0 Å². The van der Waals surface area contributed by atoms with Gasteiger partial charge in [-0.25, -0.2) is 0 Å². The predicted molar refractivity (Wildman–Crippen MR) is 79.3 cm³/mol. The number of phenols is 1. The van der Waals surface area contributed by atoms with Gasteiger partial charge in [-0.3, -0.25) is 9.59 Å². The predicted octanol–water partition coefficient (Wildman–Crippen LogP) is 2.93. The molecule has 1 aliphatic carbocycles. The highest BCUT2D eigenvalue weighted by Gasteiger charge is 2.18. The van der Waals surface area contributed by atoms with E-state index in [1.165, 1.54) is 31.4 Å². The van der Waals surface area contributed by atoms with Gasteiger partial charge in [-0.1, -0.05) is 25.3 Å². The smallest absolute Gasteiger partial charge is 0.307 e. The minimum atomic E-state index is -0.944. The molecule has 1 saturated carbocycles. The Kier molecular flexibility index (Phi) is 5.20. The third kappa shape index (κ3) is 4.77. The van der Waals surface area contributed by atoms with Gasteiger partial charge in [0.15, 0.2) is 0 Å². The molecule has 1 aromatic rings. The number of rotatable bonds is 5. The van der Waals surface area contributed by atoms with Crippen LogP contribution in [0, 0.1) is 5.92 Å². The maximum absolute atomic E-state index is 12.0. The number of benzene rings is 1. The zero-order chi connectivity index (χ0) is 15.2. The third-order valence-corrected chi connectivity index (χ3v) is 3.89. The second kappa shape index (κ2) is 7.11. The minimum Gasteiger partial charge on any atom is -0.506 e. The molecule has 0 atom stereocenters. The molecule has 1 amide bonds. The van der Waals surface area contributed by atoms with E-state index < -0.39 is 5.97 Å². The van der Waals surface area contributed by atoms with Gasteiger partial charge in [0.25, 0.3) is 0 Å². The van der Waals surface area contributed by atoms with Crippen molar-refractivity contribution in [3.8, 4) is 5.75 Å². The number of nitrogens with one attached hydrogen (secondary N) is 1. The summed E-state index contributed by atoms with van der Waals surface area (Å²) in [5.41, 5.74) is 0.836. The SMILES string of the molecule is O=C(O)Cc1ccc(O)c(NC(=O)CC2CCCCC2)c1. The zero-order valence-corrected chi connectivity index (χ0v) is 12.0. The zero-order valence-electron chi connectivity index (χ0n) is 12.0. The number of hydrogen-bond acceptors (Lipinski definition) is 3. The Labute approximate surface area is 124 Å². The molecule has 0 unspecified atom stereocenters. The molecule has 0 spiro atoms. The van der Waals surface area contributed by atoms with Crippen LogP contribution in [0.15, 0.2) is 18.2 Å². The van der Waals surface area contributed by atoms with Crippen LogP contribution in [0.5, 0.6) is 5.75 Å². The van der Waals surface area contributed by atoms with E-state index in [0.717, 1.165) is 12.8 Å². The molecule has 1 aliphatic rings. The Balaban J connectivity index is 1.97. The first-order chi connectivity index (χ1) is 10.0. The number of phenolic OH excluding ortho intramolecular Hbond substituents is 1. The fourth-order valence-corrected chi connectivity index (χ4v) is 2.82. The van der Waals surface area contributed by atoms with Crippen LogP contribution < -0.4 is 5.32 Å². The molecule has 0 heterocycles. The summed E-state index contributed by atoms with van der Waals surface area (Å²) >= 11 is 0. The van der Waals surface area contributed by atoms with Crippen LogP contribution in [0.3, 0.4) is 0 Å². The Bertz CT molecular complexity index is 521. The van der Waals surface area contributed by atoms with Crippen molar-refractivity contribution in [2.24, 2.45) is 5.92 Å². The molecule has 0 aromatic heterocycles. The molecular weight excluding hydrogens is 270 g/mol. The van der Waals surface area contributed by atoms with Crippen molar-refractivity contribution in [3.63, 3.8) is 0 Å². The lowest BCUT2D eigenvalue weighted by atomic mass is 9.87. The molecular formula is C16H21NO4. The Morgan fingerprint density at radius 3 is 2.57 bits per heavy atom. The maximum atomic E-state index is 12.0. The van der Waals surface area contributed by atoms with Gasteiger partial charge < -0.3 is 15.5 Å². The summed E-state index contributed by atoms with van der Waals surface area (Å²) in [6, 6.07) is 4.47. The topological polar surface area (TPSA) is 86.6 Å². The number of amides is 1. The van der Waals surface area contributed by atoms with Crippen LogP contribution in [-0.2, 0) is 16.0 Å². The monoisotopic (exact) mass is 291 g/mol. The van der Waals surface area contributed by atoms with Crippen LogP contribution in [-0.4, -0.2) is 22.1 Å². The largest absolute Gasteiger partial charge is 0.506 e. The summed E-state index contributed by atoms with van der Waals surface area (Å²) in [5, 5.41) is 21.2. The van der Waals surface area contributed by atoms with Gasteiger partial charge in [0, 0.05) is 6.42 Å². The van der Waals surface area contributed by atoms with E-state index in [0.29, 0.717) is 17.9 Å². The molecule has 5 heteroatoms. The minimum absolute atomic E-state index is 0.0406. The lowest BCUT2D eigenvalue weighted by Crippen LogP contribution is -2.18. The molecule has 0 saturated heterocycles. The van der Waals surface area contributed by atoms with Crippen molar-refractivity contribution in [1.82, 2.24) is 0 Å². The Hall–Kier alpha value is -2.04. The van der Waals surface area contributed by atoms with Crippen molar-refractivity contribution in [2.45, 2.75) is 44.9 Å². The van der Waals surface area contributed by atoms with Crippen LogP contribution in [0.4, 0.5) is 5.69 Å². The summed E-state index contributed by atoms with van der Waals surface area (Å²) in [7, 11) is 0. The third-order valence-electron chi connectivity index (χ3n) is 3.89. The van der Waals surface area contributed by atoms with Gasteiger partial charge >= 0.3 is 5.97 Å². The highest BCUT2D eigenvalue weighted by Crippen LogP contribution is 2.28. The van der Waals surface area contributed by atoms with Crippen molar-refractivity contribution < 1.29 is 19.8 Å². The van der Waals surface area contributed by atoms with Crippen LogP contribution >= 0.6 is 0 Å². The van der Waals surface area contributed by atoms with E-state index in [-0.39, 0.29) is 23.8 Å². The first-order valence-electron chi connectivity index (χ1n) is 7.38. The number of aromatic hydroxyl groups is 1. The van der Waals surface area contributed by atoms with E-state index in [4.69, 9.17) is 5.11 Å². The maximum Gasteiger partial charge on any atom is 0.307 e. The van der Waals surface area contributed by atoms with Gasteiger partial charge in [0.1, 0.15) is 5.75 Å². The summed E-state index contributed by atoms with van der Waals surface area (Å²) in [5.74, 6) is -0.686. The average Bonchev–Trinajstić information content (AvgIpc) is 2.43. The molecule has 5 nitrogen and oxygen atoms in total. The molecule has 0 bridgehead atoms. The van der Waals surface area contributed by atoms with Crippen molar-refractivity contribution in [3.05, 3.63) is 23.8 Å². The Morgan fingerprint density at radius 2 is 1.90 bits per heavy atom. The number of carboxylic acids is 1. The lowest BCUT2D eigenvalue weighted by molar-refractivity contribution is -0.136. The molecule has 0 radical (unpaired) electrons. The summed E-state index contributed by atoms with van der Waals surface area (Å²) in [4.78, 5) is 22.7. The number of carbonyl (C=O) groups excluding carboxylic acids is 1. The van der Waals surface area contributed by atoms with E-state index in [9.17, 15) is 14.7 Å². The molecule has 1 aromatic carbocycles. The fourth-order valence-electron chi connectivity index (χ4n) is 2.82.